The minimum atomic E-state index is -2.87. The summed E-state index contributed by atoms with van der Waals surface area (Å²) in [6.07, 6.45) is 1.73. The molecule has 0 radical (unpaired) electrons. The van der Waals surface area contributed by atoms with Crippen LogP contribution in [0.5, 0.6) is 0 Å². The van der Waals surface area contributed by atoms with Gasteiger partial charge in [0.1, 0.15) is 7.02 Å². The normalized spacial score (nSPS) is 20.0. The second kappa shape index (κ2) is 4.47. The molecule has 5 heteroatoms. The maximum Gasteiger partial charge on any atom is 0.379 e. The van der Waals surface area contributed by atoms with E-state index in [1.165, 1.54) is 0 Å². The van der Waals surface area contributed by atoms with Crippen LogP contribution in [-0.2, 0) is 4.57 Å². The second-order valence-electron chi connectivity index (χ2n) is 7.32. The standard InChI is InChI=1S/C22H13BNO2P/c25-27-20-11-4-2-7-15(20)16-8-5-10-19(21(16)27)24-22-17(12-13-26-22)14-6-1-3-9-18(14)23(24)27/h1-13H. The highest BCUT2D eigenvalue weighted by atomic mass is 31.2. The third-order valence-corrected chi connectivity index (χ3v) is 9.58. The highest BCUT2D eigenvalue weighted by molar-refractivity contribution is 8.09. The number of fused-ring (bicyclic) bond motifs is 11. The van der Waals surface area contributed by atoms with Gasteiger partial charge in [-0.3, -0.25) is 0 Å². The van der Waals surface area contributed by atoms with Crippen LogP contribution in [0.1, 0.15) is 0 Å². The largest absolute Gasteiger partial charge is 0.449 e. The number of hydrogen-bond donors (Lipinski definition) is 0. The highest BCUT2D eigenvalue weighted by Crippen LogP contribution is 2.65. The van der Waals surface area contributed by atoms with Gasteiger partial charge < -0.3 is 13.8 Å². The van der Waals surface area contributed by atoms with Crippen LogP contribution >= 0.6 is 7.02 Å². The van der Waals surface area contributed by atoms with Crippen LogP contribution in [0.25, 0.3) is 22.3 Å². The lowest BCUT2D eigenvalue weighted by Crippen LogP contribution is -2.47. The fraction of sp³-hybridized carbons (Fsp3) is 0. The topological polar surface area (TPSA) is 33.5 Å². The summed E-state index contributed by atoms with van der Waals surface area (Å²) in [6, 6.07) is 24.7. The number of hydrogen-bond acceptors (Lipinski definition) is 3. The summed E-state index contributed by atoms with van der Waals surface area (Å²) in [5, 5.41) is 1.97. The van der Waals surface area contributed by atoms with Crippen LogP contribution in [0.4, 0.5) is 11.6 Å². The Morgan fingerprint density at radius 3 is 2.48 bits per heavy atom. The molecule has 0 saturated heterocycles. The Bertz CT molecular complexity index is 1340. The molecular formula is C22H13BNO2P. The van der Waals surface area contributed by atoms with E-state index in [4.69, 9.17) is 4.42 Å². The van der Waals surface area contributed by atoms with Crippen LogP contribution in [0.2, 0.25) is 0 Å². The SMILES string of the molecule is O=P12B3c4ccccc4-c4ccoc4N3c3cccc(c31)-c1ccccc12. The molecule has 3 nitrogen and oxygen atoms in total. The first-order valence-corrected chi connectivity index (χ1v) is 10.9. The molecule has 0 bridgehead atoms. The van der Waals surface area contributed by atoms with Gasteiger partial charge in [-0.15, -0.1) is 0 Å². The molecule has 3 aromatic carbocycles. The van der Waals surface area contributed by atoms with Crippen LogP contribution < -0.4 is 20.9 Å². The van der Waals surface area contributed by atoms with Crippen molar-refractivity contribution in [3.63, 3.8) is 0 Å². The Labute approximate surface area is 156 Å². The molecule has 126 valence electrons. The Hall–Kier alpha value is -2.97. The molecule has 1 unspecified atom stereocenters. The first kappa shape index (κ1) is 14.1. The minimum Gasteiger partial charge on any atom is -0.449 e. The van der Waals surface area contributed by atoms with E-state index in [0.29, 0.717) is 0 Å². The van der Waals surface area contributed by atoms with Crippen molar-refractivity contribution in [1.29, 1.82) is 0 Å². The van der Waals surface area contributed by atoms with Gasteiger partial charge in [-0.1, -0.05) is 60.7 Å². The van der Waals surface area contributed by atoms with Crippen molar-refractivity contribution in [1.82, 2.24) is 0 Å². The summed E-state index contributed by atoms with van der Waals surface area (Å²) >= 11 is 0. The van der Waals surface area contributed by atoms with Gasteiger partial charge in [0.25, 0.3) is 0 Å². The summed E-state index contributed by atoms with van der Waals surface area (Å²) in [6.45, 7) is -0.243. The Kier molecular flexibility index (Phi) is 2.34. The van der Waals surface area contributed by atoms with Crippen molar-refractivity contribution < 1.29 is 8.98 Å². The Morgan fingerprint density at radius 1 is 0.778 bits per heavy atom. The number of anilines is 2. The zero-order valence-corrected chi connectivity index (χ0v) is 15.2. The lowest BCUT2D eigenvalue weighted by atomic mass is 9.70. The van der Waals surface area contributed by atoms with Crippen molar-refractivity contribution in [3.8, 4) is 22.3 Å². The average molecular weight is 365 g/mol. The van der Waals surface area contributed by atoms with Crippen molar-refractivity contribution in [2.45, 2.75) is 0 Å². The molecule has 0 N–H and O–H groups in total. The highest BCUT2D eigenvalue weighted by Gasteiger charge is 2.61. The number of rotatable bonds is 0. The predicted molar refractivity (Wildman–Crippen MR) is 110 cm³/mol. The van der Waals surface area contributed by atoms with Crippen LogP contribution in [0.15, 0.2) is 83.5 Å². The van der Waals surface area contributed by atoms with Gasteiger partial charge >= 0.3 is 6.57 Å². The molecule has 7 rings (SSSR count). The lowest BCUT2D eigenvalue weighted by molar-refractivity contribution is 0.577. The molecule has 4 heterocycles. The van der Waals surface area contributed by atoms with E-state index >= 15 is 0 Å². The van der Waals surface area contributed by atoms with E-state index in [1.54, 1.807) is 6.26 Å². The van der Waals surface area contributed by atoms with E-state index in [-0.39, 0.29) is 6.57 Å². The third kappa shape index (κ3) is 1.41. The monoisotopic (exact) mass is 365 g/mol. The number of benzene rings is 3. The van der Waals surface area contributed by atoms with E-state index in [9.17, 15) is 4.57 Å². The minimum absolute atomic E-state index is 0.243. The maximum atomic E-state index is 14.9. The summed E-state index contributed by atoms with van der Waals surface area (Å²) in [7, 11) is -2.87. The zero-order chi connectivity index (χ0) is 17.8. The van der Waals surface area contributed by atoms with Crippen molar-refractivity contribution in [2.75, 3.05) is 4.81 Å². The molecule has 0 saturated carbocycles. The summed E-state index contributed by atoms with van der Waals surface area (Å²) in [4.78, 5) is 2.17. The molecule has 1 atom stereocenters. The van der Waals surface area contributed by atoms with Gasteiger partial charge in [-0.05, 0) is 34.3 Å². The molecule has 0 spiro atoms. The van der Waals surface area contributed by atoms with E-state index in [0.717, 1.165) is 49.9 Å². The molecule has 4 aromatic rings. The molecule has 0 fully saturated rings. The molecule has 0 amide bonds. The van der Waals surface area contributed by atoms with E-state index in [1.807, 2.05) is 36.4 Å². The smallest absolute Gasteiger partial charge is 0.379 e. The van der Waals surface area contributed by atoms with Gasteiger partial charge in [-0.25, -0.2) is 0 Å². The quantitative estimate of drug-likeness (QED) is 0.348. The van der Waals surface area contributed by atoms with E-state index in [2.05, 4.69) is 41.2 Å². The summed E-state index contributed by atoms with van der Waals surface area (Å²) in [5.74, 6) is 0.800. The van der Waals surface area contributed by atoms with Crippen LogP contribution in [0, 0.1) is 0 Å². The van der Waals surface area contributed by atoms with Crippen molar-refractivity contribution >= 4 is 41.2 Å². The fourth-order valence-electron chi connectivity index (χ4n) is 5.17. The first-order chi connectivity index (χ1) is 13.3. The van der Waals surface area contributed by atoms with Gasteiger partial charge in [0.05, 0.1) is 6.26 Å². The Balaban J connectivity index is 1.68. The van der Waals surface area contributed by atoms with E-state index < -0.39 is 7.02 Å². The third-order valence-electron chi connectivity index (χ3n) is 6.14. The molecular weight excluding hydrogens is 352 g/mol. The maximum absolute atomic E-state index is 14.9. The van der Waals surface area contributed by atoms with Crippen LogP contribution in [-0.4, -0.2) is 6.57 Å². The Morgan fingerprint density at radius 2 is 1.56 bits per heavy atom. The fourth-order valence-corrected chi connectivity index (χ4v) is 9.02. The first-order valence-electron chi connectivity index (χ1n) is 9.09. The molecule has 3 aliphatic rings. The van der Waals surface area contributed by atoms with Crippen LogP contribution in [0.3, 0.4) is 0 Å². The van der Waals surface area contributed by atoms with Gasteiger partial charge in [0, 0.05) is 21.9 Å². The number of nitrogens with zero attached hydrogens (tertiary/aromatic N) is 1. The van der Waals surface area contributed by atoms with Gasteiger partial charge in [0.15, 0.2) is 5.88 Å². The van der Waals surface area contributed by atoms with Gasteiger partial charge in [0.2, 0.25) is 0 Å². The van der Waals surface area contributed by atoms with Crippen molar-refractivity contribution in [2.24, 2.45) is 0 Å². The summed E-state index contributed by atoms with van der Waals surface area (Å²) in [5.41, 5.74) is 6.54. The molecule has 3 aliphatic heterocycles. The molecule has 0 aliphatic carbocycles. The lowest BCUT2D eigenvalue weighted by Gasteiger charge is -2.32. The molecule has 27 heavy (non-hydrogen) atoms. The summed E-state index contributed by atoms with van der Waals surface area (Å²) < 4.78 is 20.8. The molecule has 1 aromatic heterocycles. The zero-order valence-electron chi connectivity index (χ0n) is 14.3. The van der Waals surface area contributed by atoms with Gasteiger partial charge in [-0.2, -0.15) is 0 Å². The van der Waals surface area contributed by atoms with Crippen molar-refractivity contribution in [3.05, 3.63) is 79.1 Å². The predicted octanol–water partition coefficient (Wildman–Crippen LogP) is 4.10. The second-order valence-corrected chi connectivity index (χ2v) is 10.1. The average Bonchev–Trinajstić information content (AvgIpc) is 3.37. The number of furan rings is 1.